The molecule has 0 spiro atoms. The average Bonchev–Trinajstić information content (AvgIpc) is 3.37. The molecule has 72 heavy (non-hydrogen) atoms. The first-order valence-electron chi connectivity index (χ1n) is 27.8. The van der Waals surface area contributed by atoms with E-state index < -0.39 is 57.8 Å². The molecule has 0 aromatic heterocycles. The van der Waals surface area contributed by atoms with Crippen LogP contribution in [0.5, 0.6) is 0 Å². The fraction of sp³-hybridized carbons (Fsp3) is 0.650. The molecule has 0 rings (SSSR count). The Hall–Kier alpha value is -3.86. The molecule has 410 valence electrons. The summed E-state index contributed by atoms with van der Waals surface area (Å²) in [6.45, 7) is 4.29. The summed E-state index contributed by atoms with van der Waals surface area (Å²) in [7, 11) is -4.77. The van der Waals surface area contributed by atoms with Gasteiger partial charge in [-0.3, -0.25) is 23.4 Å². The number of carbonyl (C=O) groups excluding carboxylic acids is 3. The van der Waals surface area contributed by atoms with Gasteiger partial charge < -0.3 is 24.2 Å². The molecular formula is C60H99O11P. The summed E-state index contributed by atoms with van der Waals surface area (Å²) >= 11 is 0. The summed E-state index contributed by atoms with van der Waals surface area (Å²) < 4.78 is 39.4. The van der Waals surface area contributed by atoms with Gasteiger partial charge in [0.15, 0.2) is 6.10 Å². The second-order valence-corrected chi connectivity index (χ2v) is 19.4. The van der Waals surface area contributed by atoms with Gasteiger partial charge in [-0.05, 0) is 122 Å². The SMILES string of the molecule is CC/C=C\C/C=C\C/C=C\C/C=C\CCCCC(=O)OCC(COP(=O)(O)OCC(CO)OC(=O)CCCCCCC/C=C\CCCCCCCC)OC(=O)CCCC/C=C\C/C=C\C/C=C\C/C=C\CC. The standard InChI is InChI=1S/C60H99O11P/c1-4-7-10-13-16-19-22-25-28-31-34-37-40-43-46-49-58(62)67-53-57(71-60(64)51-48-45-42-39-36-33-30-27-24-21-18-15-12-9-6-3)55-69-72(65,66)68-54-56(52-61)70-59(63)50-47-44-41-38-35-32-29-26-23-20-17-14-11-8-5-2/h7,9-10,12,16,18-19,21,25-30,34,36-37,39,56-57,61H,4-6,8,11,13-15,17,20,22-24,31-33,35,38,40-55H2,1-3H3,(H,65,66)/b10-7-,12-9-,19-16-,21-18-,28-25-,29-26-,30-27-,37-34-,39-36-. The van der Waals surface area contributed by atoms with Gasteiger partial charge in [0.2, 0.25) is 0 Å². The largest absolute Gasteiger partial charge is 0.472 e. The Balaban J connectivity index is 4.85. The molecule has 3 unspecified atom stereocenters. The molecular weight excluding hydrogens is 928 g/mol. The van der Waals surface area contributed by atoms with Crippen LogP contribution in [-0.4, -0.2) is 66.5 Å². The zero-order valence-electron chi connectivity index (χ0n) is 45.1. The Bertz CT molecular complexity index is 1620. The minimum absolute atomic E-state index is 0.100. The van der Waals surface area contributed by atoms with E-state index in [9.17, 15) is 28.9 Å². The number of hydrogen-bond acceptors (Lipinski definition) is 10. The number of ether oxygens (including phenoxy) is 3. The van der Waals surface area contributed by atoms with Crippen LogP contribution in [0.15, 0.2) is 109 Å². The van der Waals surface area contributed by atoms with Crippen molar-refractivity contribution in [3.05, 3.63) is 109 Å². The fourth-order valence-electron chi connectivity index (χ4n) is 6.98. The Morgan fingerprint density at radius 1 is 0.403 bits per heavy atom. The maximum Gasteiger partial charge on any atom is 0.472 e. The maximum absolute atomic E-state index is 12.9. The van der Waals surface area contributed by atoms with Gasteiger partial charge in [0.05, 0.1) is 19.8 Å². The predicted octanol–water partition coefficient (Wildman–Crippen LogP) is 16.2. The highest BCUT2D eigenvalue weighted by atomic mass is 31.2. The second kappa shape index (κ2) is 53.4. The van der Waals surface area contributed by atoms with Gasteiger partial charge in [-0.25, -0.2) is 4.57 Å². The molecule has 0 radical (unpaired) electrons. The van der Waals surface area contributed by atoms with Gasteiger partial charge in [0, 0.05) is 19.3 Å². The molecule has 0 saturated heterocycles. The molecule has 0 saturated carbocycles. The van der Waals surface area contributed by atoms with E-state index in [0.717, 1.165) is 116 Å². The number of aliphatic hydroxyl groups excluding tert-OH is 1. The second-order valence-electron chi connectivity index (χ2n) is 18.0. The minimum Gasteiger partial charge on any atom is -0.462 e. The quantitative estimate of drug-likeness (QED) is 0.0197. The van der Waals surface area contributed by atoms with Gasteiger partial charge in [-0.15, -0.1) is 0 Å². The molecule has 0 aromatic rings. The van der Waals surface area contributed by atoms with E-state index in [1.165, 1.54) is 38.5 Å². The number of hydrogen-bond donors (Lipinski definition) is 2. The summed E-state index contributed by atoms with van der Waals surface area (Å²) in [6.07, 6.45) is 63.4. The van der Waals surface area contributed by atoms with Crippen LogP contribution in [0.1, 0.15) is 213 Å². The van der Waals surface area contributed by atoms with Crippen molar-refractivity contribution in [2.45, 2.75) is 226 Å². The molecule has 2 N–H and O–H groups in total. The van der Waals surface area contributed by atoms with Crippen LogP contribution in [0.4, 0.5) is 0 Å². The van der Waals surface area contributed by atoms with Crippen molar-refractivity contribution in [1.82, 2.24) is 0 Å². The van der Waals surface area contributed by atoms with Crippen LogP contribution in [0.3, 0.4) is 0 Å². The number of rotatable bonds is 50. The number of phosphoric ester groups is 1. The summed E-state index contributed by atoms with van der Waals surface area (Å²) in [5, 5.41) is 9.80. The Kier molecular flexibility index (Phi) is 50.6. The number of phosphoric acid groups is 1. The Morgan fingerprint density at radius 2 is 0.722 bits per heavy atom. The van der Waals surface area contributed by atoms with Crippen molar-refractivity contribution in [2.75, 3.05) is 26.4 Å². The van der Waals surface area contributed by atoms with Crippen molar-refractivity contribution in [3.8, 4) is 0 Å². The van der Waals surface area contributed by atoms with E-state index in [1.807, 2.05) is 0 Å². The van der Waals surface area contributed by atoms with Crippen LogP contribution in [0.2, 0.25) is 0 Å². The average molecular weight is 1030 g/mol. The zero-order chi connectivity index (χ0) is 52.7. The molecule has 0 amide bonds. The Labute approximate surface area is 437 Å². The molecule has 12 heteroatoms. The highest BCUT2D eigenvalue weighted by Gasteiger charge is 2.28. The van der Waals surface area contributed by atoms with Gasteiger partial charge >= 0.3 is 25.7 Å². The van der Waals surface area contributed by atoms with Crippen LogP contribution in [-0.2, 0) is 42.2 Å². The lowest BCUT2D eigenvalue weighted by Crippen LogP contribution is -2.30. The van der Waals surface area contributed by atoms with Crippen LogP contribution >= 0.6 is 7.82 Å². The smallest absolute Gasteiger partial charge is 0.462 e. The lowest BCUT2D eigenvalue weighted by Gasteiger charge is -2.21. The minimum atomic E-state index is -4.77. The number of carbonyl (C=O) groups is 3. The van der Waals surface area contributed by atoms with Gasteiger partial charge in [0.25, 0.3) is 0 Å². The molecule has 0 aromatic carbocycles. The third-order valence-electron chi connectivity index (χ3n) is 11.2. The molecule has 0 aliphatic heterocycles. The lowest BCUT2D eigenvalue weighted by molar-refractivity contribution is -0.161. The van der Waals surface area contributed by atoms with Crippen molar-refractivity contribution in [3.63, 3.8) is 0 Å². The number of allylic oxidation sites excluding steroid dienone is 18. The van der Waals surface area contributed by atoms with Crippen molar-refractivity contribution < 1.29 is 52.2 Å². The monoisotopic (exact) mass is 1030 g/mol. The van der Waals surface area contributed by atoms with E-state index in [4.69, 9.17) is 23.3 Å². The topological polar surface area (TPSA) is 155 Å². The van der Waals surface area contributed by atoms with Crippen molar-refractivity contribution in [1.29, 1.82) is 0 Å². The summed E-state index contributed by atoms with van der Waals surface area (Å²) in [4.78, 5) is 48.4. The third kappa shape index (κ3) is 51.1. The molecule has 0 fully saturated rings. The first-order valence-corrected chi connectivity index (χ1v) is 29.3. The molecule has 3 atom stereocenters. The van der Waals surface area contributed by atoms with Crippen molar-refractivity contribution >= 4 is 25.7 Å². The highest BCUT2D eigenvalue weighted by molar-refractivity contribution is 7.47. The van der Waals surface area contributed by atoms with E-state index in [2.05, 4.69) is 130 Å². The molecule has 0 aliphatic rings. The van der Waals surface area contributed by atoms with Crippen LogP contribution < -0.4 is 0 Å². The molecule has 0 aliphatic carbocycles. The number of unbranched alkanes of at least 4 members (excludes halogenated alkanes) is 15. The van der Waals surface area contributed by atoms with Gasteiger partial charge in [-0.1, -0.05) is 182 Å². The van der Waals surface area contributed by atoms with E-state index in [-0.39, 0.29) is 25.9 Å². The third-order valence-corrected chi connectivity index (χ3v) is 12.1. The lowest BCUT2D eigenvalue weighted by atomic mass is 10.1. The van der Waals surface area contributed by atoms with E-state index in [0.29, 0.717) is 19.3 Å². The predicted molar refractivity (Wildman–Crippen MR) is 297 cm³/mol. The van der Waals surface area contributed by atoms with Crippen molar-refractivity contribution in [2.24, 2.45) is 0 Å². The fourth-order valence-corrected chi connectivity index (χ4v) is 7.76. The summed E-state index contributed by atoms with van der Waals surface area (Å²) in [6, 6.07) is 0. The van der Waals surface area contributed by atoms with E-state index >= 15 is 0 Å². The van der Waals surface area contributed by atoms with Crippen LogP contribution in [0.25, 0.3) is 0 Å². The summed E-state index contributed by atoms with van der Waals surface area (Å²) in [5.74, 6) is -1.59. The first kappa shape index (κ1) is 68.1. The van der Waals surface area contributed by atoms with E-state index in [1.54, 1.807) is 0 Å². The highest BCUT2D eigenvalue weighted by Crippen LogP contribution is 2.43. The van der Waals surface area contributed by atoms with Gasteiger partial charge in [-0.2, -0.15) is 0 Å². The maximum atomic E-state index is 12.9. The van der Waals surface area contributed by atoms with Gasteiger partial charge in [0.1, 0.15) is 12.7 Å². The zero-order valence-corrected chi connectivity index (χ0v) is 46.0. The molecule has 11 nitrogen and oxygen atoms in total. The molecule has 0 bridgehead atoms. The Morgan fingerprint density at radius 3 is 1.15 bits per heavy atom. The first-order chi connectivity index (χ1) is 35.2. The van der Waals surface area contributed by atoms with Crippen LogP contribution in [0, 0.1) is 0 Å². The summed E-state index contributed by atoms with van der Waals surface area (Å²) in [5.41, 5.74) is 0. The number of esters is 3. The molecule has 0 heterocycles. The number of aliphatic hydroxyl groups is 1. The normalized spacial score (nSPS) is 14.2.